The van der Waals surface area contributed by atoms with Gasteiger partial charge in [-0.2, -0.15) is 8.42 Å². The monoisotopic (exact) mass is 427 g/mol. The van der Waals surface area contributed by atoms with Crippen LogP contribution in [0.2, 0.25) is 0 Å². The molecule has 0 aliphatic heterocycles. The van der Waals surface area contributed by atoms with Crippen LogP contribution in [0.1, 0.15) is 5.76 Å². The average Bonchev–Trinajstić information content (AvgIpc) is 3.05. The number of rotatable bonds is 8. The molecule has 3 aromatic rings. The van der Waals surface area contributed by atoms with Crippen LogP contribution in [-0.2, 0) is 26.8 Å². The molecule has 2 aromatic heterocycles. The largest absolute Gasteiger partial charge is 0.460 e. The smallest absolute Gasteiger partial charge is 0.448 e. The van der Waals surface area contributed by atoms with Gasteiger partial charge in [0.15, 0.2) is 0 Å². The molecule has 3 rings (SSSR count). The lowest BCUT2D eigenvalue weighted by molar-refractivity contribution is 0.382. The van der Waals surface area contributed by atoms with Crippen molar-refractivity contribution in [2.45, 2.75) is 6.54 Å². The van der Waals surface area contributed by atoms with Gasteiger partial charge in [-0.25, -0.2) is 18.4 Å². The maximum Gasteiger partial charge on any atom is 0.448 e. The van der Waals surface area contributed by atoms with Crippen molar-refractivity contribution in [3.63, 3.8) is 0 Å². The Morgan fingerprint density at radius 2 is 1.93 bits per heavy atom. The molecular formula is C16H17N3O7S2. The van der Waals surface area contributed by atoms with Gasteiger partial charge in [-0.15, -0.1) is 0 Å². The molecule has 2 N–H and O–H groups in total. The van der Waals surface area contributed by atoms with Crippen molar-refractivity contribution in [3.8, 4) is 17.2 Å². The predicted molar refractivity (Wildman–Crippen MR) is 101 cm³/mol. The first-order chi connectivity index (χ1) is 13.1. The van der Waals surface area contributed by atoms with E-state index in [-0.39, 0.29) is 17.0 Å². The van der Waals surface area contributed by atoms with E-state index in [1.807, 2.05) is 0 Å². The lowest BCUT2D eigenvalue weighted by Crippen LogP contribution is -2.21. The van der Waals surface area contributed by atoms with Crippen LogP contribution in [0, 0.1) is 0 Å². The van der Waals surface area contributed by atoms with E-state index in [0.29, 0.717) is 35.7 Å². The summed E-state index contributed by atoms with van der Waals surface area (Å²) in [4.78, 5) is 7.76. The molecule has 1 aromatic carbocycles. The predicted octanol–water partition coefficient (Wildman–Crippen LogP) is 1.21. The van der Waals surface area contributed by atoms with Gasteiger partial charge < -0.3 is 13.9 Å². The second-order valence-electron chi connectivity index (χ2n) is 5.99. The third-order valence-electron chi connectivity index (χ3n) is 3.68. The summed E-state index contributed by atoms with van der Waals surface area (Å²) in [5, 5.41) is 3.26. The van der Waals surface area contributed by atoms with Gasteiger partial charge in [0, 0.05) is 18.4 Å². The zero-order valence-corrected chi connectivity index (χ0v) is 16.3. The summed E-state index contributed by atoms with van der Waals surface area (Å²) < 4.78 is 63.4. The normalized spacial score (nSPS) is 12.4. The van der Waals surface area contributed by atoms with Gasteiger partial charge >= 0.3 is 10.4 Å². The Hall–Kier alpha value is -2.54. The summed E-state index contributed by atoms with van der Waals surface area (Å²) >= 11 is 0. The topological polar surface area (TPSA) is 149 Å². The number of fused-ring (bicyclic) bond motifs is 1. The van der Waals surface area contributed by atoms with Crippen LogP contribution in [0.3, 0.4) is 0 Å². The molecule has 2 heterocycles. The van der Waals surface area contributed by atoms with Crippen LogP contribution in [0.5, 0.6) is 5.88 Å². The third-order valence-corrected chi connectivity index (χ3v) is 4.99. The Bertz CT molecular complexity index is 1200. The first kappa shape index (κ1) is 20.2. The van der Waals surface area contributed by atoms with Crippen molar-refractivity contribution in [3.05, 3.63) is 42.4 Å². The summed E-state index contributed by atoms with van der Waals surface area (Å²) in [7, 11) is -7.76. The molecule has 0 saturated carbocycles. The molecule has 0 amide bonds. The Morgan fingerprint density at radius 1 is 1.14 bits per heavy atom. The Labute approximate surface area is 161 Å². The standard InChI is InChI=1S/C16H17N3O7S2/c1-27(20,21)7-6-17-9-12-3-5-15(25-12)11-2-4-14-13(8-11)16(19-10-18-14)26-28(22,23)24/h2-5,8,10,17H,6-7,9H2,1H3,(H,22,23,24). The van der Waals surface area contributed by atoms with Crippen LogP contribution in [-0.4, -0.2) is 49.9 Å². The molecule has 0 aliphatic carbocycles. The number of nitrogens with one attached hydrogen (secondary N) is 1. The second kappa shape index (κ2) is 7.83. The number of furan rings is 1. The van der Waals surface area contributed by atoms with E-state index < -0.39 is 20.2 Å². The van der Waals surface area contributed by atoms with E-state index in [1.165, 1.54) is 6.26 Å². The Morgan fingerprint density at radius 3 is 2.64 bits per heavy atom. The van der Waals surface area contributed by atoms with Crippen LogP contribution in [0.15, 0.2) is 41.1 Å². The number of benzene rings is 1. The molecule has 28 heavy (non-hydrogen) atoms. The van der Waals surface area contributed by atoms with Crippen LogP contribution >= 0.6 is 0 Å². The molecule has 150 valence electrons. The van der Waals surface area contributed by atoms with E-state index in [1.54, 1.807) is 30.3 Å². The van der Waals surface area contributed by atoms with Crippen molar-refractivity contribution < 1.29 is 30.0 Å². The average molecular weight is 427 g/mol. The summed E-state index contributed by atoms with van der Waals surface area (Å²) in [6.07, 6.45) is 2.29. The first-order valence-corrected chi connectivity index (χ1v) is 11.4. The van der Waals surface area contributed by atoms with Crippen LogP contribution in [0.4, 0.5) is 0 Å². The zero-order valence-electron chi connectivity index (χ0n) is 14.7. The molecule has 0 bridgehead atoms. The maximum absolute atomic E-state index is 11.1. The van der Waals surface area contributed by atoms with Gasteiger partial charge in [0.1, 0.15) is 27.7 Å². The van der Waals surface area contributed by atoms with E-state index in [0.717, 1.165) is 6.33 Å². The minimum Gasteiger partial charge on any atom is -0.460 e. The zero-order chi connectivity index (χ0) is 20.4. The van der Waals surface area contributed by atoms with Gasteiger partial charge in [-0.1, -0.05) is 0 Å². The van der Waals surface area contributed by atoms with Crippen molar-refractivity contribution in [1.29, 1.82) is 0 Å². The SMILES string of the molecule is CS(=O)(=O)CCNCc1ccc(-c2ccc3ncnc(OS(=O)(=O)O)c3c2)o1. The lowest BCUT2D eigenvalue weighted by atomic mass is 10.1. The molecule has 0 radical (unpaired) electrons. The van der Waals surface area contributed by atoms with Gasteiger partial charge in [-0.3, -0.25) is 4.55 Å². The van der Waals surface area contributed by atoms with Gasteiger partial charge in [0.2, 0.25) is 5.88 Å². The van der Waals surface area contributed by atoms with Crippen molar-refractivity contribution in [2.75, 3.05) is 18.6 Å². The number of sulfone groups is 1. The molecular weight excluding hydrogens is 410 g/mol. The molecule has 0 fully saturated rings. The summed E-state index contributed by atoms with van der Waals surface area (Å²) in [5.41, 5.74) is 1.04. The second-order valence-corrected chi connectivity index (χ2v) is 9.28. The Balaban J connectivity index is 1.80. The van der Waals surface area contributed by atoms with Crippen LogP contribution in [0.25, 0.3) is 22.2 Å². The first-order valence-electron chi connectivity index (χ1n) is 8.00. The van der Waals surface area contributed by atoms with E-state index in [9.17, 15) is 16.8 Å². The maximum atomic E-state index is 11.1. The molecule has 0 spiro atoms. The lowest BCUT2D eigenvalue weighted by Gasteiger charge is -2.06. The van der Waals surface area contributed by atoms with Gasteiger partial charge in [0.05, 0.1) is 23.2 Å². The number of nitrogens with zero attached hydrogens (tertiary/aromatic N) is 2. The minimum absolute atomic E-state index is 0.0295. The molecule has 10 nitrogen and oxygen atoms in total. The molecule has 0 saturated heterocycles. The third kappa shape index (κ3) is 5.48. The van der Waals surface area contributed by atoms with Crippen molar-refractivity contribution in [2.24, 2.45) is 0 Å². The number of hydrogen-bond acceptors (Lipinski definition) is 9. The highest BCUT2D eigenvalue weighted by molar-refractivity contribution is 7.90. The number of hydrogen-bond donors (Lipinski definition) is 2. The molecule has 0 aliphatic rings. The van der Waals surface area contributed by atoms with E-state index in [2.05, 4.69) is 19.5 Å². The summed E-state index contributed by atoms with van der Waals surface area (Å²) in [5.74, 6) is 0.830. The fourth-order valence-corrected chi connectivity index (χ4v) is 3.30. The summed E-state index contributed by atoms with van der Waals surface area (Å²) in [6.45, 7) is 0.655. The minimum atomic E-state index is -4.73. The van der Waals surface area contributed by atoms with Crippen molar-refractivity contribution in [1.82, 2.24) is 15.3 Å². The van der Waals surface area contributed by atoms with Gasteiger partial charge in [-0.05, 0) is 30.3 Å². The summed E-state index contributed by atoms with van der Waals surface area (Å²) in [6, 6.07) is 8.41. The van der Waals surface area contributed by atoms with E-state index in [4.69, 9.17) is 8.97 Å². The van der Waals surface area contributed by atoms with Gasteiger partial charge in [0.25, 0.3) is 0 Å². The highest BCUT2D eigenvalue weighted by atomic mass is 32.3. The van der Waals surface area contributed by atoms with Crippen LogP contribution < -0.4 is 9.50 Å². The highest BCUT2D eigenvalue weighted by Gasteiger charge is 2.14. The molecule has 0 unspecified atom stereocenters. The Kier molecular flexibility index (Phi) is 5.65. The van der Waals surface area contributed by atoms with Crippen molar-refractivity contribution >= 4 is 31.1 Å². The number of aromatic nitrogens is 2. The quantitative estimate of drug-likeness (QED) is 0.397. The fourth-order valence-electron chi connectivity index (χ4n) is 2.45. The molecule has 0 atom stereocenters. The van der Waals surface area contributed by atoms with E-state index >= 15 is 0 Å². The fraction of sp³-hybridized carbons (Fsp3) is 0.250. The molecule has 12 heteroatoms. The highest BCUT2D eigenvalue weighted by Crippen LogP contribution is 2.29.